The summed E-state index contributed by atoms with van der Waals surface area (Å²) in [5.74, 6) is -1.12. The standard InChI is InChI=1S/C11H15NO4S.C11H17NO3S.C4H7BO/c1-11(2,3)16-10(15)12-8(9(13)14)7-4-5-17-6-7;1-11(2,3)15-10(14)12-9(6-13)8-4-5-16-7-8;5-4-2-1-3-6-4/h4-6,8H,1-3H3,(H,12,15)(H,13,14);4-5,7,9,13H,6H2,1-3H3,(H,12,14);4H,1-3H2. The summed E-state index contributed by atoms with van der Waals surface area (Å²) in [5.41, 5.74) is 0.243. The lowest BCUT2D eigenvalue weighted by molar-refractivity contribution is -0.139. The number of carboxylic acids is 1. The second kappa shape index (κ2) is 16.5. The van der Waals surface area contributed by atoms with E-state index in [0.717, 1.165) is 25.0 Å². The number of carbonyl (C=O) groups excluding carboxylic acids is 2. The van der Waals surface area contributed by atoms with Gasteiger partial charge in [0.2, 0.25) is 0 Å². The molecule has 216 valence electrons. The van der Waals surface area contributed by atoms with Crippen molar-refractivity contribution in [2.24, 2.45) is 0 Å². The molecule has 2 radical (unpaired) electrons. The fraction of sp³-hybridized carbons (Fsp3) is 0.577. The number of nitrogens with one attached hydrogen (secondary N) is 2. The van der Waals surface area contributed by atoms with E-state index < -0.39 is 41.4 Å². The van der Waals surface area contributed by atoms with Crippen molar-refractivity contribution in [2.45, 2.75) is 83.7 Å². The van der Waals surface area contributed by atoms with Crippen molar-refractivity contribution in [1.29, 1.82) is 0 Å². The van der Waals surface area contributed by atoms with Crippen LogP contribution in [-0.2, 0) is 19.0 Å². The lowest BCUT2D eigenvalue weighted by atomic mass is 9.98. The number of ether oxygens (including phenoxy) is 3. The highest BCUT2D eigenvalue weighted by molar-refractivity contribution is 7.08. The SMILES string of the molecule is CC(C)(C)OC(=O)NC(C(=O)O)c1ccsc1.CC(C)(C)OC(=O)NC(CO)c1ccsc1.[B]C1CCCO1. The van der Waals surface area contributed by atoms with Gasteiger partial charge in [-0.1, -0.05) is 0 Å². The molecule has 1 saturated heterocycles. The molecule has 1 aliphatic rings. The van der Waals surface area contributed by atoms with Gasteiger partial charge in [-0.3, -0.25) is 0 Å². The normalized spacial score (nSPS) is 16.3. The van der Waals surface area contributed by atoms with Crippen LogP contribution in [-0.4, -0.2) is 66.6 Å². The highest BCUT2D eigenvalue weighted by Gasteiger charge is 2.25. The number of carbonyl (C=O) groups is 3. The topological polar surface area (TPSA) is 143 Å². The van der Waals surface area contributed by atoms with Crippen LogP contribution in [0.1, 0.15) is 77.6 Å². The molecule has 3 atom stereocenters. The van der Waals surface area contributed by atoms with Gasteiger partial charge >= 0.3 is 18.2 Å². The molecule has 0 bridgehead atoms. The number of hydrogen-bond donors (Lipinski definition) is 4. The van der Waals surface area contributed by atoms with Crippen molar-refractivity contribution in [3.8, 4) is 0 Å². The van der Waals surface area contributed by atoms with E-state index in [1.807, 2.05) is 16.8 Å². The number of thiophene rings is 2. The maximum Gasteiger partial charge on any atom is 0.408 e. The van der Waals surface area contributed by atoms with Crippen LogP contribution in [0.25, 0.3) is 0 Å². The number of hydrogen-bond acceptors (Lipinski definition) is 9. The molecule has 0 saturated carbocycles. The maximum absolute atomic E-state index is 11.5. The number of aliphatic hydroxyl groups excluding tert-OH is 1. The predicted octanol–water partition coefficient (Wildman–Crippen LogP) is 5.00. The van der Waals surface area contributed by atoms with Crippen molar-refractivity contribution < 1.29 is 38.8 Å². The minimum atomic E-state index is -1.12. The molecule has 2 amide bonds. The van der Waals surface area contributed by atoms with E-state index in [1.165, 1.54) is 22.7 Å². The molecule has 3 unspecified atom stereocenters. The summed E-state index contributed by atoms with van der Waals surface area (Å²) < 4.78 is 15.0. The zero-order valence-electron chi connectivity index (χ0n) is 23.3. The van der Waals surface area contributed by atoms with E-state index in [1.54, 1.807) is 58.4 Å². The second-order valence-electron chi connectivity index (χ2n) is 10.5. The van der Waals surface area contributed by atoms with Crippen molar-refractivity contribution >= 4 is 48.7 Å². The molecular formula is C26H39BN2O8S2. The molecular weight excluding hydrogens is 543 g/mol. The summed E-state index contributed by atoms with van der Waals surface area (Å²) >= 11 is 2.89. The van der Waals surface area contributed by atoms with Gasteiger partial charge in [0.25, 0.3) is 0 Å². The number of alkyl carbamates (subject to hydrolysis) is 2. The first-order valence-corrected chi connectivity index (χ1v) is 14.2. The summed E-state index contributed by atoms with van der Waals surface area (Å²) in [6, 6.07) is 2.09. The first kappa shape index (κ1) is 34.4. The van der Waals surface area contributed by atoms with E-state index in [0.29, 0.717) is 5.56 Å². The zero-order valence-corrected chi connectivity index (χ0v) is 24.9. The molecule has 13 heteroatoms. The largest absolute Gasteiger partial charge is 0.479 e. The molecule has 10 nitrogen and oxygen atoms in total. The smallest absolute Gasteiger partial charge is 0.408 e. The Morgan fingerprint density at radius 2 is 1.51 bits per heavy atom. The average Bonchev–Trinajstić information content (AvgIpc) is 3.58. The number of aliphatic hydroxyl groups is 1. The number of amides is 2. The summed E-state index contributed by atoms with van der Waals surface area (Å²) in [6.07, 6.45) is 0.926. The molecule has 3 heterocycles. The lowest BCUT2D eigenvalue weighted by Gasteiger charge is -2.22. The minimum Gasteiger partial charge on any atom is -0.479 e. The van der Waals surface area contributed by atoms with Crippen LogP contribution in [0.5, 0.6) is 0 Å². The van der Waals surface area contributed by atoms with Crippen molar-refractivity contribution in [1.82, 2.24) is 10.6 Å². The Morgan fingerprint density at radius 1 is 1.00 bits per heavy atom. The van der Waals surface area contributed by atoms with E-state index in [9.17, 15) is 19.5 Å². The molecule has 0 spiro atoms. The minimum absolute atomic E-state index is 0.0463. The molecule has 1 fully saturated rings. The zero-order chi connectivity index (χ0) is 29.6. The Labute approximate surface area is 239 Å². The summed E-state index contributed by atoms with van der Waals surface area (Å²) in [6.45, 7) is 11.3. The first-order valence-electron chi connectivity index (χ1n) is 12.4. The molecule has 3 rings (SSSR count). The van der Waals surface area contributed by atoms with Crippen LogP contribution in [0, 0.1) is 0 Å². The molecule has 0 aromatic carbocycles. The second-order valence-corrected chi connectivity index (χ2v) is 12.0. The van der Waals surface area contributed by atoms with Gasteiger partial charge in [-0.2, -0.15) is 22.7 Å². The Bertz CT molecular complexity index is 983. The Morgan fingerprint density at radius 3 is 1.85 bits per heavy atom. The maximum atomic E-state index is 11.5. The summed E-state index contributed by atoms with van der Waals surface area (Å²) in [7, 11) is 5.31. The molecule has 4 N–H and O–H groups in total. The van der Waals surface area contributed by atoms with Gasteiger partial charge in [-0.05, 0) is 99.2 Å². The Hall–Kier alpha value is -2.61. The first-order chi connectivity index (χ1) is 18.1. The number of carboxylic acid groups (broad SMARTS) is 1. The van der Waals surface area contributed by atoms with Crippen molar-refractivity contribution in [3.05, 3.63) is 44.8 Å². The number of rotatable bonds is 6. The van der Waals surface area contributed by atoms with Gasteiger partial charge in [0.15, 0.2) is 6.04 Å². The molecule has 0 aliphatic carbocycles. The molecule has 2 aromatic rings. The van der Waals surface area contributed by atoms with Gasteiger partial charge in [0, 0.05) is 12.6 Å². The van der Waals surface area contributed by atoms with Crippen molar-refractivity contribution in [3.63, 3.8) is 0 Å². The predicted molar refractivity (Wildman–Crippen MR) is 152 cm³/mol. The van der Waals surface area contributed by atoms with E-state index >= 15 is 0 Å². The number of aliphatic carboxylic acids is 1. The van der Waals surface area contributed by atoms with E-state index in [2.05, 4.69) is 10.6 Å². The average molecular weight is 583 g/mol. The van der Waals surface area contributed by atoms with E-state index in [4.69, 9.17) is 27.2 Å². The highest BCUT2D eigenvalue weighted by Crippen LogP contribution is 2.18. The summed E-state index contributed by atoms with van der Waals surface area (Å²) in [5, 5.41) is 30.4. The molecule has 39 heavy (non-hydrogen) atoms. The highest BCUT2D eigenvalue weighted by atomic mass is 32.1. The van der Waals surface area contributed by atoms with E-state index in [-0.39, 0.29) is 12.6 Å². The van der Waals surface area contributed by atoms with Crippen LogP contribution in [0.2, 0.25) is 0 Å². The van der Waals surface area contributed by atoms with Gasteiger partial charge in [-0.25, -0.2) is 14.4 Å². The van der Waals surface area contributed by atoms with Crippen molar-refractivity contribution in [2.75, 3.05) is 13.2 Å². The van der Waals surface area contributed by atoms with Gasteiger partial charge in [-0.15, -0.1) is 0 Å². The third-order valence-electron chi connectivity index (χ3n) is 4.57. The third kappa shape index (κ3) is 15.5. The third-order valence-corrected chi connectivity index (χ3v) is 5.97. The lowest BCUT2D eigenvalue weighted by Crippen LogP contribution is -2.37. The van der Waals surface area contributed by atoms with Crippen LogP contribution in [0.3, 0.4) is 0 Å². The molecule has 1 aliphatic heterocycles. The summed E-state index contributed by atoms with van der Waals surface area (Å²) in [4.78, 5) is 34.0. The van der Waals surface area contributed by atoms with Crippen LogP contribution >= 0.6 is 22.7 Å². The van der Waals surface area contributed by atoms with Crippen LogP contribution in [0.15, 0.2) is 33.7 Å². The van der Waals surface area contributed by atoms with Crippen LogP contribution in [0.4, 0.5) is 9.59 Å². The monoisotopic (exact) mass is 582 g/mol. The fourth-order valence-corrected chi connectivity index (χ4v) is 4.31. The van der Waals surface area contributed by atoms with Gasteiger partial charge in [0.05, 0.1) is 12.6 Å². The van der Waals surface area contributed by atoms with Crippen LogP contribution < -0.4 is 10.6 Å². The fourth-order valence-electron chi connectivity index (χ4n) is 2.91. The quantitative estimate of drug-likeness (QED) is 0.349. The van der Waals surface area contributed by atoms with Gasteiger partial charge < -0.3 is 35.1 Å². The molecule has 2 aromatic heterocycles. The Kier molecular flexibility index (Phi) is 14.6. The Balaban J connectivity index is 0.000000322. The van der Waals surface area contributed by atoms with Gasteiger partial charge in [0.1, 0.15) is 19.0 Å².